The van der Waals surface area contributed by atoms with Crippen LogP contribution >= 0.6 is 0 Å². The van der Waals surface area contributed by atoms with Gasteiger partial charge >= 0.3 is 0 Å². The van der Waals surface area contributed by atoms with Gasteiger partial charge in [-0.15, -0.1) is 0 Å². The Kier molecular flexibility index (Phi) is 4.59. The van der Waals surface area contributed by atoms with Crippen LogP contribution in [0.15, 0.2) is 54.6 Å². The van der Waals surface area contributed by atoms with Gasteiger partial charge in [0.25, 0.3) is 5.91 Å². The van der Waals surface area contributed by atoms with Crippen molar-refractivity contribution in [1.82, 2.24) is 0 Å². The fraction of sp³-hybridized carbons (Fsp3) is 0.261. The Morgan fingerprint density at radius 2 is 1.57 bits per heavy atom. The van der Waals surface area contributed by atoms with Crippen molar-refractivity contribution in [3.8, 4) is 0 Å². The summed E-state index contributed by atoms with van der Waals surface area (Å²) in [7, 11) is 0. The van der Waals surface area contributed by atoms with Gasteiger partial charge in [-0.2, -0.15) is 0 Å². The molecular weight excluding hydrogens is 352 g/mol. The lowest BCUT2D eigenvalue weighted by molar-refractivity contribution is -0.122. The molecule has 1 fully saturated rings. The summed E-state index contributed by atoms with van der Waals surface area (Å²) < 4.78 is 0. The topological polar surface area (TPSA) is 66.5 Å². The molecule has 0 bridgehead atoms. The van der Waals surface area contributed by atoms with Crippen LogP contribution in [0.5, 0.6) is 0 Å². The van der Waals surface area contributed by atoms with Gasteiger partial charge in [0.15, 0.2) is 0 Å². The highest BCUT2D eigenvalue weighted by molar-refractivity contribution is 6.25. The van der Waals surface area contributed by atoms with Gasteiger partial charge in [-0.25, -0.2) is 4.90 Å². The summed E-state index contributed by atoms with van der Waals surface area (Å²) >= 11 is 0. The summed E-state index contributed by atoms with van der Waals surface area (Å²) in [5.74, 6) is -1.42. The number of benzene rings is 2. The molecule has 4 rings (SSSR count). The molecule has 28 heavy (non-hydrogen) atoms. The molecule has 2 aliphatic rings. The summed E-state index contributed by atoms with van der Waals surface area (Å²) in [5, 5.41) is 2.92. The van der Waals surface area contributed by atoms with Crippen LogP contribution in [-0.2, 0) is 9.59 Å². The maximum Gasteiger partial charge on any atom is 0.257 e. The molecule has 5 nitrogen and oxygen atoms in total. The zero-order chi connectivity index (χ0) is 19.8. The van der Waals surface area contributed by atoms with Gasteiger partial charge in [0.1, 0.15) is 0 Å². The van der Waals surface area contributed by atoms with E-state index < -0.39 is 0 Å². The molecule has 1 aliphatic carbocycles. The Morgan fingerprint density at radius 3 is 2.25 bits per heavy atom. The number of hydrogen-bond acceptors (Lipinski definition) is 3. The van der Waals surface area contributed by atoms with Crippen molar-refractivity contribution in [2.45, 2.75) is 26.7 Å². The van der Waals surface area contributed by atoms with Gasteiger partial charge in [0.2, 0.25) is 11.8 Å². The number of rotatable bonds is 3. The number of fused-ring (bicyclic) bond motifs is 1. The minimum absolute atomic E-state index is 0.216. The van der Waals surface area contributed by atoms with Crippen molar-refractivity contribution in [2.24, 2.45) is 11.8 Å². The number of amides is 3. The van der Waals surface area contributed by atoms with Gasteiger partial charge in [-0.3, -0.25) is 14.4 Å². The molecule has 0 unspecified atom stereocenters. The average molecular weight is 374 g/mol. The number of para-hydroxylation sites is 1. The Bertz CT molecular complexity index is 983. The molecule has 2 atom stereocenters. The lowest BCUT2D eigenvalue weighted by atomic mass is 9.85. The molecule has 1 heterocycles. The van der Waals surface area contributed by atoms with E-state index in [1.54, 1.807) is 24.3 Å². The third-order valence-corrected chi connectivity index (χ3v) is 5.75. The predicted octanol–water partition coefficient (Wildman–Crippen LogP) is 4.01. The van der Waals surface area contributed by atoms with Crippen LogP contribution in [0.2, 0.25) is 0 Å². The summed E-state index contributed by atoms with van der Waals surface area (Å²) in [5.41, 5.74) is 3.45. The highest BCUT2D eigenvalue weighted by Gasteiger charge is 2.48. The molecule has 0 radical (unpaired) electrons. The van der Waals surface area contributed by atoms with Crippen molar-refractivity contribution >= 4 is 29.1 Å². The molecule has 0 aromatic heterocycles. The van der Waals surface area contributed by atoms with E-state index in [1.165, 1.54) is 4.90 Å². The normalized spacial score (nSPS) is 21.0. The molecule has 3 amide bonds. The minimum Gasteiger partial charge on any atom is -0.322 e. The lowest BCUT2D eigenvalue weighted by Crippen LogP contribution is -2.33. The van der Waals surface area contributed by atoms with Crippen LogP contribution in [0.25, 0.3) is 0 Å². The number of nitrogens with one attached hydrogen (secondary N) is 1. The first-order chi connectivity index (χ1) is 13.5. The predicted molar refractivity (Wildman–Crippen MR) is 108 cm³/mol. The van der Waals surface area contributed by atoms with E-state index >= 15 is 0 Å². The number of hydrogen-bond donors (Lipinski definition) is 1. The number of carbonyl (C=O) groups is 3. The van der Waals surface area contributed by atoms with Gasteiger partial charge in [-0.1, -0.05) is 36.4 Å². The molecule has 1 saturated heterocycles. The number of imide groups is 1. The number of carbonyl (C=O) groups excluding carboxylic acids is 3. The highest BCUT2D eigenvalue weighted by atomic mass is 16.2. The molecule has 0 spiro atoms. The third kappa shape index (κ3) is 2.93. The summed E-state index contributed by atoms with van der Waals surface area (Å²) in [6.07, 6.45) is 5.05. The van der Waals surface area contributed by atoms with Crippen LogP contribution in [0, 0.1) is 25.7 Å². The van der Waals surface area contributed by atoms with Crippen LogP contribution in [0.3, 0.4) is 0 Å². The minimum atomic E-state index is -0.335. The van der Waals surface area contributed by atoms with Crippen LogP contribution in [0.1, 0.15) is 34.3 Å². The Morgan fingerprint density at radius 1 is 0.929 bits per heavy atom. The van der Waals surface area contributed by atoms with Crippen molar-refractivity contribution in [3.63, 3.8) is 0 Å². The van der Waals surface area contributed by atoms with E-state index in [1.807, 2.05) is 44.2 Å². The van der Waals surface area contributed by atoms with Crippen molar-refractivity contribution in [2.75, 3.05) is 10.2 Å². The smallest absolute Gasteiger partial charge is 0.257 e. The monoisotopic (exact) mass is 374 g/mol. The number of nitrogens with zero attached hydrogens (tertiary/aromatic N) is 1. The van der Waals surface area contributed by atoms with Gasteiger partial charge in [0, 0.05) is 5.69 Å². The van der Waals surface area contributed by atoms with E-state index in [2.05, 4.69) is 5.32 Å². The maximum atomic E-state index is 13.0. The van der Waals surface area contributed by atoms with Crippen LogP contribution in [-0.4, -0.2) is 17.7 Å². The van der Waals surface area contributed by atoms with Gasteiger partial charge in [0.05, 0.1) is 23.1 Å². The molecule has 142 valence electrons. The van der Waals surface area contributed by atoms with E-state index in [9.17, 15) is 14.4 Å². The first-order valence-electron chi connectivity index (χ1n) is 9.48. The first-order valence-corrected chi connectivity index (χ1v) is 9.48. The number of aryl methyl sites for hydroxylation is 1. The largest absolute Gasteiger partial charge is 0.322 e. The first kappa shape index (κ1) is 18.2. The second-order valence-corrected chi connectivity index (χ2v) is 7.39. The van der Waals surface area contributed by atoms with Gasteiger partial charge < -0.3 is 5.32 Å². The Labute approximate surface area is 164 Å². The quantitative estimate of drug-likeness (QED) is 0.652. The highest BCUT2D eigenvalue weighted by Crippen LogP contribution is 2.38. The third-order valence-electron chi connectivity index (χ3n) is 5.75. The van der Waals surface area contributed by atoms with E-state index in [4.69, 9.17) is 0 Å². The summed E-state index contributed by atoms with van der Waals surface area (Å²) in [4.78, 5) is 40.1. The second kappa shape index (κ2) is 7.08. The van der Waals surface area contributed by atoms with Crippen molar-refractivity contribution in [1.29, 1.82) is 0 Å². The summed E-state index contributed by atoms with van der Waals surface area (Å²) in [6.45, 7) is 3.93. The molecule has 1 aliphatic heterocycles. The second-order valence-electron chi connectivity index (χ2n) is 7.39. The van der Waals surface area contributed by atoms with Gasteiger partial charge in [-0.05, 0) is 56.0 Å². The zero-order valence-electron chi connectivity index (χ0n) is 15.9. The van der Waals surface area contributed by atoms with Crippen molar-refractivity contribution < 1.29 is 14.4 Å². The Balaban J connectivity index is 1.68. The average Bonchev–Trinajstić information content (AvgIpc) is 2.96. The molecule has 5 heteroatoms. The zero-order valence-corrected chi connectivity index (χ0v) is 15.9. The summed E-state index contributed by atoms with van der Waals surface area (Å²) in [6, 6.07) is 12.5. The molecule has 2 aromatic carbocycles. The Hall–Kier alpha value is -3.21. The van der Waals surface area contributed by atoms with Crippen LogP contribution in [0.4, 0.5) is 11.4 Å². The van der Waals surface area contributed by atoms with E-state index in [-0.39, 0.29) is 29.6 Å². The van der Waals surface area contributed by atoms with Crippen LogP contribution < -0.4 is 10.2 Å². The van der Waals surface area contributed by atoms with E-state index in [0.717, 1.165) is 16.8 Å². The number of anilines is 2. The molecular formula is C23H22N2O3. The van der Waals surface area contributed by atoms with E-state index in [0.29, 0.717) is 24.1 Å². The maximum absolute atomic E-state index is 13.0. The number of allylic oxidation sites excluding steroid dienone is 2. The standard InChI is InChI=1S/C23H22N2O3/c1-14-8-7-12-19(15(14)2)24-21(26)18-11-5-6-13-20(18)25-22(27)16-9-3-4-10-17(16)23(25)28/h3-8,11-13,16-17H,9-10H2,1-2H3,(H,24,26)/t16-,17-/m1/s1. The SMILES string of the molecule is Cc1cccc(NC(=O)c2ccccc2N2C(=O)[C@@H]3CC=CC[C@H]3C2=O)c1C. The van der Waals surface area contributed by atoms with Crippen molar-refractivity contribution in [3.05, 3.63) is 71.3 Å². The fourth-order valence-corrected chi connectivity index (χ4v) is 3.97. The molecule has 2 aromatic rings. The molecule has 0 saturated carbocycles. The fourth-order valence-electron chi connectivity index (χ4n) is 3.97. The lowest BCUT2D eigenvalue weighted by Gasteiger charge is -2.19. The molecule has 1 N–H and O–H groups in total.